The van der Waals surface area contributed by atoms with Crippen LogP contribution >= 0.6 is 15.9 Å². The van der Waals surface area contributed by atoms with Crippen molar-refractivity contribution < 1.29 is 17.5 Å². The van der Waals surface area contributed by atoms with Gasteiger partial charge in [-0.1, -0.05) is 46.3 Å². The van der Waals surface area contributed by atoms with Crippen LogP contribution in [0, 0.1) is 10.1 Å². The second-order valence-electron chi connectivity index (χ2n) is 5.38. The third kappa shape index (κ3) is 6.45. The number of rotatable bonds is 8. The van der Waals surface area contributed by atoms with Crippen LogP contribution in [-0.4, -0.2) is 25.8 Å². The summed E-state index contributed by atoms with van der Waals surface area (Å²) < 4.78 is 28.6. The maximum Gasteiger partial charge on any atom is 0.293 e. The van der Waals surface area contributed by atoms with Crippen molar-refractivity contribution in [1.82, 2.24) is 0 Å². The Morgan fingerprint density at radius 2 is 1.92 bits per heavy atom. The molecule has 0 spiro atoms. The van der Waals surface area contributed by atoms with E-state index in [2.05, 4.69) is 21.2 Å². The van der Waals surface area contributed by atoms with Crippen molar-refractivity contribution in [1.29, 1.82) is 0 Å². The molecule has 0 bridgehead atoms. The Kier molecular flexibility index (Phi) is 6.51. The van der Waals surface area contributed by atoms with Crippen molar-refractivity contribution in [2.24, 2.45) is 0 Å². The van der Waals surface area contributed by atoms with E-state index in [4.69, 9.17) is 4.18 Å². The van der Waals surface area contributed by atoms with Gasteiger partial charge in [-0.25, -0.2) is 4.18 Å². The number of halogens is 1. The maximum absolute atomic E-state index is 11.5. The third-order valence-corrected chi connectivity index (χ3v) is 4.38. The van der Waals surface area contributed by atoms with Crippen molar-refractivity contribution in [3.05, 3.63) is 68.7 Å². The fraction of sp³-hybridized carbons (Fsp3) is 0.250. The summed E-state index contributed by atoms with van der Waals surface area (Å²) in [5.74, 6) is 0. The lowest BCUT2D eigenvalue weighted by atomic mass is 10.1. The summed E-state index contributed by atoms with van der Waals surface area (Å²) >= 11 is 3.18. The standard InChI is InChI=1S/C16H17BrN2O5S/c1-25(22,23)24-16(10-7-12-5-3-2-4-6-12)18-14-9-8-13(17)11-15(14)19(20)21/h2-6,8-9,11,16,18H,7,10H2,1H3. The summed E-state index contributed by atoms with van der Waals surface area (Å²) in [5.41, 5.74) is 1.03. The van der Waals surface area contributed by atoms with E-state index in [9.17, 15) is 18.5 Å². The molecule has 0 amide bonds. The molecule has 2 aromatic carbocycles. The smallest absolute Gasteiger partial charge is 0.293 e. The van der Waals surface area contributed by atoms with Gasteiger partial charge in [-0.05, 0) is 30.5 Å². The van der Waals surface area contributed by atoms with Gasteiger partial charge in [-0.2, -0.15) is 8.42 Å². The minimum Gasteiger partial charge on any atom is -0.353 e. The molecule has 2 rings (SSSR count). The molecular weight excluding hydrogens is 412 g/mol. The lowest BCUT2D eigenvalue weighted by Crippen LogP contribution is -2.27. The van der Waals surface area contributed by atoms with Gasteiger partial charge in [0.25, 0.3) is 15.8 Å². The molecule has 1 N–H and O–H groups in total. The number of aryl methyl sites for hydroxylation is 1. The van der Waals surface area contributed by atoms with E-state index in [1.54, 1.807) is 6.07 Å². The largest absolute Gasteiger partial charge is 0.353 e. The number of benzene rings is 2. The number of nitro benzene ring substituents is 1. The van der Waals surface area contributed by atoms with Gasteiger partial charge in [0.2, 0.25) is 0 Å². The number of hydrogen-bond donors (Lipinski definition) is 1. The summed E-state index contributed by atoms with van der Waals surface area (Å²) in [6.45, 7) is 0. The lowest BCUT2D eigenvalue weighted by molar-refractivity contribution is -0.384. The van der Waals surface area contributed by atoms with Gasteiger partial charge in [0.15, 0.2) is 0 Å². The molecule has 9 heteroatoms. The normalized spacial score (nSPS) is 12.6. The monoisotopic (exact) mass is 428 g/mol. The zero-order valence-electron chi connectivity index (χ0n) is 13.4. The van der Waals surface area contributed by atoms with Crippen LogP contribution in [0.3, 0.4) is 0 Å². The van der Waals surface area contributed by atoms with Crippen LogP contribution in [0.4, 0.5) is 11.4 Å². The molecule has 2 aromatic rings. The molecule has 1 atom stereocenters. The van der Waals surface area contributed by atoms with Crippen molar-refractivity contribution in [2.75, 3.05) is 11.6 Å². The molecule has 7 nitrogen and oxygen atoms in total. The highest BCUT2D eigenvalue weighted by Crippen LogP contribution is 2.29. The average molecular weight is 429 g/mol. The van der Waals surface area contributed by atoms with Gasteiger partial charge in [-0.3, -0.25) is 10.1 Å². The SMILES string of the molecule is CS(=O)(=O)OC(CCc1ccccc1)Nc1ccc(Br)cc1[N+](=O)[O-]. The van der Waals surface area contributed by atoms with Crippen LogP contribution < -0.4 is 5.32 Å². The maximum atomic E-state index is 11.5. The molecule has 0 aliphatic carbocycles. The van der Waals surface area contributed by atoms with E-state index in [1.807, 2.05) is 30.3 Å². The van der Waals surface area contributed by atoms with E-state index in [-0.39, 0.29) is 11.4 Å². The van der Waals surface area contributed by atoms with Crippen molar-refractivity contribution in [3.63, 3.8) is 0 Å². The fourth-order valence-corrected chi connectivity index (χ4v) is 3.16. The first-order valence-electron chi connectivity index (χ1n) is 7.37. The molecule has 0 aromatic heterocycles. The Hall–Kier alpha value is -1.97. The van der Waals surface area contributed by atoms with Gasteiger partial charge in [0.1, 0.15) is 11.9 Å². The molecule has 0 heterocycles. The molecule has 134 valence electrons. The first kappa shape index (κ1) is 19.4. The van der Waals surface area contributed by atoms with E-state index < -0.39 is 21.3 Å². The minimum absolute atomic E-state index is 0.170. The van der Waals surface area contributed by atoms with Crippen molar-refractivity contribution >= 4 is 37.4 Å². The van der Waals surface area contributed by atoms with Gasteiger partial charge in [0, 0.05) is 10.5 Å². The topological polar surface area (TPSA) is 98.5 Å². The first-order chi connectivity index (χ1) is 11.7. The summed E-state index contributed by atoms with van der Waals surface area (Å²) in [6.07, 6.45) is 0.901. The predicted molar refractivity (Wildman–Crippen MR) is 98.9 cm³/mol. The number of anilines is 1. The van der Waals surface area contributed by atoms with Crippen LogP contribution in [0.5, 0.6) is 0 Å². The zero-order chi connectivity index (χ0) is 18.4. The Balaban J connectivity index is 2.20. The van der Waals surface area contributed by atoms with Crippen molar-refractivity contribution in [3.8, 4) is 0 Å². The second-order valence-corrected chi connectivity index (χ2v) is 7.89. The van der Waals surface area contributed by atoms with E-state index in [0.29, 0.717) is 17.3 Å². The average Bonchev–Trinajstić information content (AvgIpc) is 2.53. The van der Waals surface area contributed by atoms with E-state index in [1.165, 1.54) is 12.1 Å². The Morgan fingerprint density at radius 1 is 1.24 bits per heavy atom. The molecule has 1 unspecified atom stereocenters. The number of nitrogens with zero attached hydrogens (tertiary/aromatic N) is 1. The van der Waals surface area contributed by atoms with Crippen LogP contribution in [0.15, 0.2) is 53.0 Å². The minimum atomic E-state index is -3.73. The molecule has 0 saturated heterocycles. The highest BCUT2D eigenvalue weighted by molar-refractivity contribution is 9.10. The Morgan fingerprint density at radius 3 is 2.52 bits per heavy atom. The summed E-state index contributed by atoms with van der Waals surface area (Å²) in [7, 11) is -3.73. The molecule has 0 aliphatic rings. The summed E-state index contributed by atoms with van der Waals surface area (Å²) in [6, 6.07) is 14.0. The molecule has 0 radical (unpaired) electrons. The number of nitro groups is 1. The first-order valence-corrected chi connectivity index (χ1v) is 9.98. The highest BCUT2D eigenvalue weighted by Gasteiger charge is 2.21. The lowest BCUT2D eigenvalue weighted by Gasteiger charge is -2.19. The highest BCUT2D eigenvalue weighted by atomic mass is 79.9. The van der Waals surface area contributed by atoms with Crippen LogP contribution in [0.25, 0.3) is 0 Å². The molecule has 0 fully saturated rings. The Labute approximate surface area is 154 Å². The molecule has 0 aliphatic heterocycles. The quantitative estimate of drug-likeness (QED) is 0.297. The molecule has 25 heavy (non-hydrogen) atoms. The van der Waals surface area contributed by atoms with Gasteiger partial charge in [0.05, 0.1) is 11.2 Å². The second kappa shape index (κ2) is 8.41. The number of nitrogens with one attached hydrogen (secondary N) is 1. The fourth-order valence-electron chi connectivity index (χ4n) is 2.25. The summed E-state index contributed by atoms with van der Waals surface area (Å²) in [5, 5.41) is 14.0. The van der Waals surface area contributed by atoms with Crippen LogP contribution in [0.2, 0.25) is 0 Å². The van der Waals surface area contributed by atoms with Gasteiger partial charge >= 0.3 is 0 Å². The predicted octanol–water partition coefficient (Wildman–Crippen LogP) is 3.70. The van der Waals surface area contributed by atoms with Crippen LogP contribution in [0.1, 0.15) is 12.0 Å². The third-order valence-electron chi connectivity index (χ3n) is 3.30. The van der Waals surface area contributed by atoms with Gasteiger partial charge in [-0.15, -0.1) is 0 Å². The summed E-state index contributed by atoms with van der Waals surface area (Å²) in [4.78, 5) is 10.7. The number of hydrogen-bond acceptors (Lipinski definition) is 6. The molecule has 0 saturated carbocycles. The van der Waals surface area contributed by atoms with Gasteiger partial charge < -0.3 is 5.32 Å². The van der Waals surface area contributed by atoms with E-state index >= 15 is 0 Å². The Bertz CT molecular complexity index is 843. The van der Waals surface area contributed by atoms with Crippen molar-refractivity contribution in [2.45, 2.75) is 19.1 Å². The van der Waals surface area contributed by atoms with Crippen LogP contribution in [-0.2, 0) is 20.7 Å². The zero-order valence-corrected chi connectivity index (χ0v) is 15.8. The van der Waals surface area contributed by atoms with E-state index in [0.717, 1.165) is 11.8 Å². The molecular formula is C16H17BrN2O5S.